The molecule has 3 rings (SSSR count). The number of fused-ring (bicyclic) bond motifs is 1. The number of carbonyl (C=O) groups is 1. The van der Waals surface area contributed by atoms with Crippen molar-refractivity contribution in [2.75, 3.05) is 10.8 Å². The van der Waals surface area contributed by atoms with E-state index in [0.29, 0.717) is 11.3 Å². The highest BCUT2D eigenvalue weighted by Crippen LogP contribution is 2.24. The predicted molar refractivity (Wildman–Crippen MR) is 84.8 cm³/mol. The van der Waals surface area contributed by atoms with Crippen molar-refractivity contribution in [1.29, 1.82) is 0 Å². The highest BCUT2D eigenvalue weighted by atomic mass is 16.5. The molecule has 1 atom stereocenters. The molecular weight excluding hydrogens is 296 g/mol. The van der Waals surface area contributed by atoms with Gasteiger partial charge >= 0.3 is 0 Å². The number of benzene rings is 1. The lowest BCUT2D eigenvalue weighted by molar-refractivity contribution is 0.0706. The van der Waals surface area contributed by atoms with Gasteiger partial charge < -0.3 is 5.32 Å². The largest absolute Gasteiger partial charge is 0.367 e. The van der Waals surface area contributed by atoms with Gasteiger partial charge in [-0.05, 0) is 54.7 Å². The minimum absolute atomic E-state index is 0.218. The summed E-state index contributed by atoms with van der Waals surface area (Å²) in [5.41, 5.74) is 7.01. The summed E-state index contributed by atoms with van der Waals surface area (Å²) in [6, 6.07) is 9.23. The Labute approximate surface area is 133 Å². The number of nitrogens with one attached hydrogen (secondary N) is 3. The van der Waals surface area contributed by atoms with Gasteiger partial charge in [0.1, 0.15) is 5.82 Å². The minimum atomic E-state index is -0.503. The van der Waals surface area contributed by atoms with Gasteiger partial charge in [-0.15, -0.1) is 0 Å². The molecule has 1 aromatic carbocycles. The normalized spacial score (nSPS) is 16.3. The van der Waals surface area contributed by atoms with Gasteiger partial charge in [-0.3, -0.25) is 20.7 Å². The van der Waals surface area contributed by atoms with Crippen LogP contribution in [0.4, 0.5) is 11.5 Å². The van der Waals surface area contributed by atoms with Crippen molar-refractivity contribution in [3.63, 3.8) is 0 Å². The van der Waals surface area contributed by atoms with Gasteiger partial charge in [0, 0.05) is 11.6 Å². The van der Waals surface area contributed by atoms with Gasteiger partial charge in [-0.25, -0.2) is 10.5 Å². The van der Waals surface area contributed by atoms with E-state index in [0.717, 1.165) is 30.6 Å². The molecule has 120 valence electrons. The highest BCUT2D eigenvalue weighted by Gasteiger charge is 2.20. The van der Waals surface area contributed by atoms with Crippen molar-refractivity contribution >= 4 is 17.4 Å². The maximum absolute atomic E-state index is 11.5. The number of pyridine rings is 1. The fourth-order valence-corrected chi connectivity index (χ4v) is 2.84. The van der Waals surface area contributed by atoms with E-state index in [2.05, 4.69) is 10.3 Å². The third-order valence-corrected chi connectivity index (χ3v) is 4.04. The molecule has 1 amide bonds. The van der Waals surface area contributed by atoms with Crippen LogP contribution in [0.2, 0.25) is 0 Å². The molecule has 0 bridgehead atoms. The number of aromatic nitrogens is 1. The summed E-state index contributed by atoms with van der Waals surface area (Å²) < 4.78 is 0. The smallest absolute Gasteiger partial charge is 0.274 e. The summed E-state index contributed by atoms with van der Waals surface area (Å²) in [5, 5.41) is 20.9. The molecule has 0 radical (unpaired) electrons. The number of hydrogen-bond acceptors (Lipinski definition) is 6. The SMILES string of the molecule is O=C(NO)c1ccc2c(c1)CC(Nc1ccc(NO)cn1)CC2. The number of aryl methyl sites for hydroxylation is 1. The van der Waals surface area contributed by atoms with Gasteiger partial charge in [-0.1, -0.05) is 6.07 Å². The molecule has 0 spiro atoms. The Morgan fingerprint density at radius 2 is 2.04 bits per heavy atom. The van der Waals surface area contributed by atoms with E-state index >= 15 is 0 Å². The Bertz CT molecular complexity index is 703. The summed E-state index contributed by atoms with van der Waals surface area (Å²) in [5.74, 6) is 0.235. The first-order valence-electron chi connectivity index (χ1n) is 7.38. The van der Waals surface area contributed by atoms with Crippen molar-refractivity contribution in [2.45, 2.75) is 25.3 Å². The second-order valence-electron chi connectivity index (χ2n) is 5.55. The molecule has 1 aliphatic carbocycles. The predicted octanol–water partition coefficient (Wildman–Crippen LogP) is 1.97. The van der Waals surface area contributed by atoms with E-state index in [9.17, 15) is 4.79 Å². The Morgan fingerprint density at radius 1 is 1.17 bits per heavy atom. The average Bonchev–Trinajstić information content (AvgIpc) is 2.61. The molecule has 1 aromatic heterocycles. The van der Waals surface area contributed by atoms with E-state index in [4.69, 9.17) is 10.4 Å². The quantitative estimate of drug-likeness (QED) is 0.436. The minimum Gasteiger partial charge on any atom is -0.367 e. The molecule has 1 heterocycles. The van der Waals surface area contributed by atoms with Crippen LogP contribution in [0.15, 0.2) is 36.5 Å². The van der Waals surface area contributed by atoms with Crippen LogP contribution >= 0.6 is 0 Å². The third kappa shape index (κ3) is 3.41. The zero-order chi connectivity index (χ0) is 16.2. The molecule has 1 unspecified atom stereocenters. The van der Waals surface area contributed by atoms with Gasteiger partial charge in [-0.2, -0.15) is 0 Å². The zero-order valence-corrected chi connectivity index (χ0v) is 12.4. The molecule has 7 heteroatoms. The number of anilines is 2. The van der Waals surface area contributed by atoms with Crippen LogP contribution < -0.4 is 16.3 Å². The first-order valence-corrected chi connectivity index (χ1v) is 7.38. The van der Waals surface area contributed by atoms with Gasteiger partial charge in [0.05, 0.1) is 11.9 Å². The molecule has 23 heavy (non-hydrogen) atoms. The number of hydroxylamine groups is 1. The number of rotatable bonds is 4. The second-order valence-corrected chi connectivity index (χ2v) is 5.55. The third-order valence-electron chi connectivity index (χ3n) is 4.04. The summed E-state index contributed by atoms with van der Waals surface area (Å²) in [4.78, 5) is 15.7. The van der Waals surface area contributed by atoms with Crippen molar-refractivity contribution in [1.82, 2.24) is 10.5 Å². The van der Waals surface area contributed by atoms with E-state index in [-0.39, 0.29) is 6.04 Å². The highest BCUT2D eigenvalue weighted by molar-refractivity contribution is 5.93. The lowest BCUT2D eigenvalue weighted by Gasteiger charge is -2.26. The molecular formula is C16H18N4O3. The van der Waals surface area contributed by atoms with Crippen molar-refractivity contribution in [3.8, 4) is 0 Å². The zero-order valence-electron chi connectivity index (χ0n) is 12.4. The summed E-state index contributed by atoms with van der Waals surface area (Å²) >= 11 is 0. The summed E-state index contributed by atoms with van der Waals surface area (Å²) in [7, 11) is 0. The van der Waals surface area contributed by atoms with E-state index < -0.39 is 5.91 Å². The maximum atomic E-state index is 11.5. The summed E-state index contributed by atoms with van der Waals surface area (Å²) in [6.45, 7) is 0. The fourth-order valence-electron chi connectivity index (χ4n) is 2.84. The lowest BCUT2D eigenvalue weighted by Crippen LogP contribution is -2.28. The Kier molecular flexibility index (Phi) is 4.40. The maximum Gasteiger partial charge on any atom is 0.274 e. The lowest BCUT2D eigenvalue weighted by atomic mass is 9.87. The van der Waals surface area contributed by atoms with Crippen molar-refractivity contribution in [3.05, 3.63) is 53.2 Å². The topological polar surface area (TPSA) is 107 Å². The van der Waals surface area contributed by atoms with Crippen LogP contribution in [0.25, 0.3) is 0 Å². The van der Waals surface area contributed by atoms with Gasteiger partial charge in [0.2, 0.25) is 0 Å². The molecule has 0 aliphatic heterocycles. The average molecular weight is 314 g/mol. The standard InChI is InChI=1S/C16H18N4O3/c21-16(20-23)11-2-1-10-3-4-13(8-12(10)7-11)18-15-6-5-14(19-22)9-17-15/h1-2,5-7,9,13,19,22-23H,3-4,8H2,(H,17,18)(H,20,21). The first kappa shape index (κ1) is 15.3. The Hall–Kier alpha value is -2.64. The van der Waals surface area contributed by atoms with Crippen LogP contribution in [0, 0.1) is 0 Å². The summed E-state index contributed by atoms with van der Waals surface area (Å²) in [6.07, 6.45) is 4.22. The number of nitrogens with zero attached hydrogens (tertiary/aromatic N) is 1. The van der Waals surface area contributed by atoms with Crippen LogP contribution in [0.1, 0.15) is 27.9 Å². The van der Waals surface area contributed by atoms with Gasteiger partial charge in [0.15, 0.2) is 0 Å². The number of carbonyl (C=O) groups excluding carboxylic acids is 1. The molecule has 0 saturated carbocycles. The van der Waals surface area contributed by atoms with Crippen LogP contribution in [-0.4, -0.2) is 27.3 Å². The Balaban J connectivity index is 1.72. The molecule has 1 aliphatic rings. The van der Waals surface area contributed by atoms with E-state index in [1.165, 1.54) is 5.56 Å². The van der Waals surface area contributed by atoms with Crippen molar-refractivity contribution in [2.24, 2.45) is 0 Å². The molecule has 7 nitrogen and oxygen atoms in total. The molecule has 5 N–H and O–H groups in total. The first-order chi connectivity index (χ1) is 11.2. The molecule has 2 aromatic rings. The van der Waals surface area contributed by atoms with E-state index in [1.54, 1.807) is 29.9 Å². The molecule has 0 fully saturated rings. The monoisotopic (exact) mass is 314 g/mol. The van der Waals surface area contributed by atoms with Crippen LogP contribution in [-0.2, 0) is 12.8 Å². The Morgan fingerprint density at radius 3 is 2.74 bits per heavy atom. The van der Waals surface area contributed by atoms with Crippen LogP contribution in [0.5, 0.6) is 0 Å². The van der Waals surface area contributed by atoms with E-state index in [1.807, 2.05) is 17.6 Å². The van der Waals surface area contributed by atoms with Crippen LogP contribution in [0.3, 0.4) is 0 Å². The number of hydrogen-bond donors (Lipinski definition) is 5. The second kappa shape index (κ2) is 6.64. The van der Waals surface area contributed by atoms with Gasteiger partial charge in [0.25, 0.3) is 5.91 Å². The van der Waals surface area contributed by atoms with Crippen molar-refractivity contribution < 1.29 is 15.2 Å². The fraction of sp³-hybridized carbons (Fsp3) is 0.250. The molecule has 0 saturated heterocycles. The number of amides is 1.